The molecule has 0 aliphatic rings. The number of hydrogen-bond donors (Lipinski definition) is 2. The van der Waals surface area contributed by atoms with Crippen LogP contribution < -0.4 is 5.73 Å². The van der Waals surface area contributed by atoms with E-state index in [-0.39, 0.29) is 6.42 Å². The summed E-state index contributed by atoms with van der Waals surface area (Å²) in [5, 5.41) is 8.38. The van der Waals surface area contributed by atoms with Gasteiger partial charge in [-0.3, -0.25) is 9.59 Å². The minimum Gasteiger partial charge on any atom is -0.481 e. The molecule has 5 heteroatoms. The topological polar surface area (TPSA) is 89.6 Å². The summed E-state index contributed by atoms with van der Waals surface area (Å²) < 4.78 is 4.36. The Morgan fingerprint density at radius 3 is 2.42 bits per heavy atom. The highest BCUT2D eigenvalue weighted by Gasteiger charge is 2.23. The van der Waals surface area contributed by atoms with E-state index in [4.69, 9.17) is 10.8 Å². The Kier molecular flexibility index (Phi) is 4.28. The zero-order valence-corrected chi connectivity index (χ0v) is 7.11. The van der Waals surface area contributed by atoms with Crippen LogP contribution in [0.3, 0.4) is 0 Å². The fraction of sp³-hybridized carbons (Fsp3) is 0.714. The summed E-state index contributed by atoms with van der Waals surface area (Å²) >= 11 is 0. The quantitative estimate of drug-likeness (QED) is 0.567. The van der Waals surface area contributed by atoms with Gasteiger partial charge < -0.3 is 15.6 Å². The van der Waals surface area contributed by atoms with Crippen LogP contribution in [0.15, 0.2) is 0 Å². The molecule has 0 aromatic heterocycles. The maximum atomic E-state index is 10.8. The SMILES string of the molecule is COC(=O)[C@H](N)C(C)CC(=O)O. The van der Waals surface area contributed by atoms with E-state index in [1.807, 2.05) is 0 Å². The smallest absolute Gasteiger partial charge is 0.322 e. The summed E-state index contributed by atoms with van der Waals surface area (Å²) in [5.41, 5.74) is 5.38. The molecule has 12 heavy (non-hydrogen) atoms. The standard InChI is InChI=1S/C7H13NO4/c1-4(3-5(9)10)6(8)7(11)12-2/h4,6H,3,8H2,1-2H3,(H,9,10)/t4?,6-/m1/s1. The lowest BCUT2D eigenvalue weighted by Gasteiger charge is -2.14. The largest absolute Gasteiger partial charge is 0.481 e. The number of aliphatic carboxylic acids is 1. The zero-order valence-electron chi connectivity index (χ0n) is 7.11. The highest BCUT2D eigenvalue weighted by Crippen LogP contribution is 2.06. The van der Waals surface area contributed by atoms with Gasteiger partial charge in [0.15, 0.2) is 0 Å². The number of carboxylic acid groups (broad SMARTS) is 1. The van der Waals surface area contributed by atoms with Crippen molar-refractivity contribution in [3.8, 4) is 0 Å². The van der Waals surface area contributed by atoms with E-state index in [2.05, 4.69) is 4.74 Å². The number of carbonyl (C=O) groups excluding carboxylic acids is 1. The molecule has 5 nitrogen and oxygen atoms in total. The van der Waals surface area contributed by atoms with Crippen molar-refractivity contribution in [2.24, 2.45) is 11.7 Å². The minimum absolute atomic E-state index is 0.129. The Bertz CT molecular complexity index is 180. The third-order valence-corrected chi connectivity index (χ3v) is 1.58. The monoisotopic (exact) mass is 175 g/mol. The number of esters is 1. The Hall–Kier alpha value is -1.10. The molecule has 0 aliphatic carbocycles. The van der Waals surface area contributed by atoms with Crippen molar-refractivity contribution in [2.75, 3.05) is 7.11 Å². The molecule has 70 valence electrons. The van der Waals surface area contributed by atoms with E-state index in [9.17, 15) is 9.59 Å². The molecule has 0 saturated heterocycles. The lowest BCUT2D eigenvalue weighted by Crippen LogP contribution is -2.38. The van der Waals surface area contributed by atoms with Crippen molar-refractivity contribution in [1.29, 1.82) is 0 Å². The van der Waals surface area contributed by atoms with Gasteiger partial charge in [0.2, 0.25) is 0 Å². The molecule has 0 fully saturated rings. The molecule has 2 atom stereocenters. The molecule has 3 N–H and O–H groups in total. The number of carboxylic acids is 1. The maximum absolute atomic E-state index is 10.8. The van der Waals surface area contributed by atoms with Gasteiger partial charge in [0, 0.05) is 6.42 Å². The van der Waals surface area contributed by atoms with E-state index >= 15 is 0 Å². The van der Waals surface area contributed by atoms with Crippen LogP contribution in [0.1, 0.15) is 13.3 Å². The van der Waals surface area contributed by atoms with Crippen molar-refractivity contribution >= 4 is 11.9 Å². The molecule has 0 bridgehead atoms. The molecule has 0 amide bonds. The zero-order chi connectivity index (χ0) is 9.72. The highest BCUT2D eigenvalue weighted by atomic mass is 16.5. The van der Waals surface area contributed by atoms with Crippen LogP contribution in [0.4, 0.5) is 0 Å². The van der Waals surface area contributed by atoms with Crippen molar-refractivity contribution in [2.45, 2.75) is 19.4 Å². The molecule has 0 saturated carbocycles. The van der Waals surface area contributed by atoms with Gasteiger partial charge in [-0.05, 0) is 5.92 Å². The normalized spacial score (nSPS) is 14.9. The first-order valence-electron chi connectivity index (χ1n) is 3.54. The third kappa shape index (κ3) is 3.34. The van der Waals surface area contributed by atoms with E-state index in [1.165, 1.54) is 7.11 Å². The molecular weight excluding hydrogens is 162 g/mol. The van der Waals surface area contributed by atoms with Gasteiger partial charge in [-0.2, -0.15) is 0 Å². The average Bonchev–Trinajstić information content (AvgIpc) is 2.00. The third-order valence-electron chi connectivity index (χ3n) is 1.58. The van der Waals surface area contributed by atoms with Crippen molar-refractivity contribution in [1.82, 2.24) is 0 Å². The molecule has 0 spiro atoms. The summed E-state index contributed by atoms with van der Waals surface area (Å²) in [4.78, 5) is 21.0. The van der Waals surface area contributed by atoms with E-state index in [0.717, 1.165) is 0 Å². The van der Waals surface area contributed by atoms with Crippen molar-refractivity contribution in [3.05, 3.63) is 0 Å². The Labute approximate surface area is 70.5 Å². The summed E-state index contributed by atoms with van der Waals surface area (Å²) in [6.45, 7) is 1.59. The lowest BCUT2D eigenvalue weighted by molar-refractivity contribution is -0.144. The first kappa shape index (κ1) is 10.9. The Morgan fingerprint density at radius 2 is 2.08 bits per heavy atom. The molecule has 0 aromatic carbocycles. The maximum Gasteiger partial charge on any atom is 0.322 e. The number of carbonyl (C=O) groups is 2. The van der Waals surface area contributed by atoms with E-state index < -0.39 is 23.9 Å². The van der Waals surface area contributed by atoms with Crippen molar-refractivity contribution < 1.29 is 19.4 Å². The van der Waals surface area contributed by atoms with E-state index in [0.29, 0.717) is 0 Å². The number of ether oxygens (including phenoxy) is 1. The first-order chi connectivity index (χ1) is 5.49. The number of nitrogens with two attached hydrogens (primary N) is 1. The minimum atomic E-state index is -0.971. The van der Waals surface area contributed by atoms with Gasteiger partial charge in [0.25, 0.3) is 0 Å². The molecule has 1 unspecified atom stereocenters. The highest BCUT2D eigenvalue weighted by molar-refractivity contribution is 5.77. The molecule has 0 rings (SSSR count). The van der Waals surface area contributed by atoms with Gasteiger partial charge in [-0.15, -0.1) is 0 Å². The summed E-state index contributed by atoms with van der Waals surface area (Å²) in [7, 11) is 1.22. The molecule has 0 aliphatic heterocycles. The summed E-state index contributed by atoms with van der Waals surface area (Å²) in [6.07, 6.45) is -0.129. The predicted octanol–water partition coefficient (Wildman–Crippen LogP) is -0.402. The van der Waals surface area contributed by atoms with Gasteiger partial charge in [0.1, 0.15) is 6.04 Å². The second kappa shape index (κ2) is 4.71. The molecule has 0 heterocycles. The Morgan fingerprint density at radius 1 is 1.58 bits per heavy atom. The van der Waals surface area contributed by atoms with Crippen LogP contribution in [0.25, 0.3) is 0 Å². The first-order valence-corrected chi connectivity index (χ1v) is 3.54. The lowest BCUT2D eigenvalue weighted by atomic mass is 9.99. The van der Waals surface area contributed by atoms with Crippen LogP contribution in [-0.4, -0.2) is 30.2 Å². The number of methoxy groups -OCH3 is 1. The van der Waals surface area contributed by atoms with Gasteiger partial charge >= 0.3 is 11.9 Å². The van der Waals surface area contributed by atoms with Crippen LogP contribution >= 0.6 is 0 Å². The molecule has 0 radical (unpaired) electrons. The van der Waals surface area contributed by atoms with Crippen LogP contribution in [0.2, 0.25) is 0 Å². The van der Waals surface area contributed by atoms with Crippen LogP contribution in [-0.2, 0) is 14.3 Å². The number of hydrogen-bond acceptors (Lipinski definition) is 4. The van der Waals surface area contributed by atoms with Crippen molar-refractivity contribution in [3.63, 3.8) is 0 Å². The van der Waals surface area contributed by atoms with Gasteiger partial charge in [-0.1, -0.05) is 6.92 Å². The fourth-order valence-electron chi connectivity index (χ4n) is 0.771. The fourth-order valence-corrected chi connectivity index (χ4v) is 0.771. The van der Waals surface area contributed by atoms with Crippen LogP contribution in [0, 0.1) is 5.92 Å². The average molecular weight is 175 g/mol. The second-order valence-electron chi connectivity index (χ2n) is 2.62. The molecule has 0 aromatic rings. The van der Waals surface area contributed by atoms with E-state index in [1.54, 1.807) is 6.92 Å². The van der Waals surface area contributed by atoms with Gasteiger partial charge in [-0.25, -0.2) is 0 Å². The second-order valence-corrected chi connectivity index (χ2v) is 2.62. The van der Waals surface area contributed by atoms with Crippen LogP contribution in [0.5, 0.6) is 0 Å². The summed E-state index contributed by atoms with van der Waals surface area (Å²) in [6, 6.07) is -0.855. The molecular formula is C7H13NO4. The number of rotatable bonds is 4. The summed E-state index contributed by atoms with van der Waals surface area (Å²) in [5.74, 6) is -1.96. The predicted molar refractivity (Wildman–Crippen MR) is 41.4 cm³/mol. The van der Waals surface area contributed by atoms with Gasteiger partial charge in [0.05, 0.1) is 7.11 Å². The Balaban J connectivity index is 4.00.